The van der Waals surface area contributed by atoms with E-state index in [0.29, 0.717) is 24.3 Å². The summed E-state index contributed by atoms with van der Waals surface area (Å²) in [6.45, 7) is 0.0654. The van der Waals surface area contributed by atoms with Crippen LogP contribution < -0.4 is 9.47 Å². The van der Waals surface area contributed by atoms with E-state index in [1.807, 2.05) is 6.07 Å². The lowest BCUT2D eigenvalue weighted by molar-refractivity contribution is 0.279. The lowest BCUT2D eigenvalue weighted by Crippen LogP contribution is -2.00. The first kappa shape index (κ1) is 14.2. The SMILES string of the molecule is COc1ccc(C(CCCO)N=[N+]=[N-])c(OC)c1. The first-order chi connectivity index (χ1) is 8.76. The van der Waals surface area contributed by atoms with Crippen molar-refractivity contribution in [1.29, 1.82) is 0 Å². The standard InChI is InChI=1S/C12H17N3O3/c1-17-9-5-6-10(12(8-9)18-2)11(14-15-13)4-3-7-16/h5-6,8,11,16H,3-4,7H2,1-2H3. The Morgan fingerprint density at radius 1 is 1.39 bits per heavy atom. The third kappa shape index (κ3) is 3.55. The summed E-state index contributed by atoms with van der Waals surface area (Å²) in [5.41, 5.74) is 9.39. The van der Waals surface area contributed by atoms with E-state index >= 15 is 0 Å². The van der Waals surface area contributed by atoms with E-state index in [2.05, 4.69) is 10.0 Å². The van der Waals surface area contributed by atoms with E-state index in [9.17, 15) is 0 Å². The van der Waals surface area contributed by atoms with Gasteiger partial charge in [0.1, 0.15) is 11.5 Å². The van der Waals surface area contributed by atoms with Gasteiger partial charge in [0.25, 0.3) is 0 Å². The van der Waals surface area contributed by atoms with E-state index in [4.69, 9.17) is 20.1 Å². The molecule has 1 rings (SSSR count). The summed E-state index contributed by atoms with van der Waals surface area (Å²) in [6.07, 6.45) is 1.14. The van der Waals surface area contributed by atoms with Crippen molar-refractivity contribution in [2.24, 2.45) is 5.11 Å². The first-order valence-corrected chi connectivity index (χ1v) is 5.63. The Bertz CT molecular complexity index is 431. The average Bonchev–Trinajstić information content (AvgIpc) is 2.42. The van der Waals surface area contributed by atoms with Gasteiger partial charge in [-0.3, -0.25) is 0 Å². The van der Waals surface area contributed by atoms with E-state index < -0.39 is 0 Å². The van der Waals surface area contributed by atoms with Crippen molar-refractivity contribution in [2.45, 2.75) is 18.9 Å². The Labute approximate surface area is 106 Å². The predicted octanol–water partition coefficient (Wildman–Crippen LogP) is 2.83. The lowest BCUT2D eigenvalue weighted by Gasteiger charge is -2.15. The Morgan fingerprint density at radius 2 is 2.17 bits per heavy atom. The van der Waals surface area contributed by atoms with Crippen molar-refractivity contribution in [3.8, 4) is 11.5 Å². The van der Waals surface area contributed by atoms with Gasteiger partial charge in [-0.25, -0.2) is 0 Å². The molecule has 0 amide bonds. The zero-order chi connectivity index (χ0) is 13.4. The number of benzene rings is 1. The second-order valence-electron chi connectivity index (χ2n) is 3.69. The Morgan fingerprint density at radius 3 is 2.72 bits per heavy atom. The normalized spacial score (nSPS) is 11.5. The second-order valence-corrected chi connectivity index (χ2v) is 3.69. The molecule has 1 unspecified atom stereocenters. The highest BCUT2D eigenvalue weighted by Gasteiger charge is 2.15. The fraction of sp³-hybridized carbons (Fsp3) is 0.500. The number of aliphatic hydroxyl groups excluding tert-OH is 1. The van der Waals surface area contributed by atoms with Crippen LogP contribution in [0.1, 0.15) is 24.4 Å². The first-order valence-electron chi connectivity index (χ1n) is 5.63. The highest BCUT2D eigenvalue weighted by atomic mass is 16.5. The monoisotopic (exact) mass is 251 g/mol. The molecule has 0 fully saturated rings. The molecule has 0 aliphatic rings. The minimum absolute atomic E-state index is 0.0654. The molecule has 0 aliphatic carbocycles. The Kier molecular flexibility index (Phi) is 5.84. The third-order valence-corrected chi connectivity index (χ3v) is 2.63. The number of ether oxygens (including phenoxy) is 2. The molecule has 0 bridgehead atoms. The van der Waals surface area contributed by atoms with Crippen molar-refractivity contribution >= 4 is 0 Å². The third-order valence-electron chi connectivity index (χ3n) is 2.63. The maximum absolute atomic E-state index is 8.85. The number of hydrogen-bond acceptors (Lipinski definition) is 4. The summed E-state index contributed by atoms with van der Waals surface area (Å²) >= 11 is 0. The summed E-state index contributed by atoms with van der Waals surface area (Å²) in [5, 5.41) is 12.6. The van der Waals surface area contributed by atoms with Crippen LogP contribution in [-0.4, -0.2) is 25.9 Å². The minimum atomic E-state index is -0.344. The summed E-state index contributed by atoms with van der Waals surface area (Å²) < 4.78 is 10.4. The molecule has 6 nitrogen and oxygen atoms in total. The Hall–Kier alpha value is -1.91. The molecule has 0 aromatic heterocycles. The van der Waals surface area contributed by atoms with Crippen LogP contribution >= 0.6 is 0 Å². The van der Waals surface area contributed by atoms with Gasteiger partial charge in [0.15, 0.2) is 0 Å². The van der Waals surface area contributed by atoms with Gasteiger partial charge in [-0.05, 0) is 24.4 Å². The van der Waals surface area contributed by atoms with Crippen LogP contribution in [0.2, 0.25) is 0 Å². The molecule has 1 atom stereocenters. The average molecular weight is 251 g/mol. The van der Waals surface area contributed by atoms with Crippen molar-refractivity contribution < 1.29 is 14.6 Å². The number of azide groups is 1. The number of hydrogen-bond donors (Lipinski definition) is 1. The van der Waals surface area contributed by atoms with Crippen LogP contribution in [0.4, 0.5) is 0 Å². The molecule has 0 saturated heterocycles. The smallest absolute Gasteiger partial charge is 0.126 e. The van der Waals surface area contributed by atoms with Crippen molar-refractivity contribution in [2.75, 3.05) is 20.8 Å². The van der Waals surface area contributed by atoms with Crippen LogP contribution in [0, 0.1) is 0 Å². The van der Waals surface area contributed by atoms with Crippen molar-refractivity contribution in [3.63, 3.8) is 0 Å². The molecule has 1 N–H and O–H groups in total. The zero-order valence-corrected chi connectivity index (χ0v) is 10.5. The molecule has 98 valence electrons. The lowest BCUT2D eigenvalue weighted by atomic mass is 10.0. The van der Waals surface area contributed by atoms with E-state index in [1.54, 1.807) is 26.4 Å². The van der Waals surface area contributed by atoms with Crippen LogP contribution in [0.15, 0.2) is 23.3 Å². The fourth-order valence-corrected chi connectivity index (χ4v) is 1.72. The predicted molar refractivity (Wildman–Crippen MR) is 67.8 cm³/mol. The number of rotatable bonds is 7. The van der Waals surface area contributed by atoms with E-state index in [0.717, 1.165) is 5.56 Å². The minimum Gasteiger partial charge on any atom is -0.497 e. The van der Waals surface area contributed by atoms with Gasteiger partial charge in [-0.15, -0.1) is 0 Å². The molecular weight excluding hydrogens is 234 g/mol. The van der Waals surface area contributed by atoms with Crippen molar-refractivity contribution in [3.05, 3.63) is 34.2 Å². The molecular formula is C12H17N3O3. The molecule has 18 heavy (non-hydrogen) atoms. The van der Waals surface area contributed by atoms with Crippen molar-refractivity contribution in [1.82, 2.24) is 0 Å². The molecule has 1 aromatic carbocycles. The van der Waals surface area contributed by atoms with Gasteiger partial charge in [0.05, 0.1) is 20.3 Å². The molecule has 0 radical (unpaired) electrons. The van der Waals surface area contributed by atoms with Gasteiger partial charge < -0.3 is 14.6 Å². The highest BCUT2D eigenvalue weighted by molar-refractivity contribution is 5.42. The number of aliphatic hydroxyl groups is 1. The van der Waals surface area contributed by atoms with Crippen LogP contribution in [0.3, 0.4) is 0 Å². The second kappa shape index (κ2) is 7.42. The summed E-state index contributed by atoms with van der Waals surface area (Å²) in [5.74, 6) is 1.29. The molecule has 0 heterocycles. The van der Waals surface area contributed by atoms with Gasteiger partial charge in [-0.2, -0.15) is 0 Å². The summed E-state index contributed by atoms with van der Waals surface area (Å²) in [7, 11) is 3.13. The van der Waals surface area contributed by atoms with Gasteiger partial charge in [0, 0.05) is 23.1 Å². The van der Waals surface area contributed by atoms with Crippen LogP contribution in [0.25, 0.3) is 10.4 Å². The topological polar surface area (TPSA) is 87.5 Å². The van der Waals surface area contributed by atoms with E-state index in [1.165, 1.54) is 0 Å². The molecule has 0 saturated carbocycles. The quantitative estimate of drug-likeness (QED) is 0.459. The van der Waals surface area contributed by atoms with E-state index in [-0.39, 0.29) is 12.6 Å². The van der Waals surface area contributed by atoms with Gasteiger partial charge in [-0.1, -0.05) is 11.2 Å². The number of nitrogens with zero attached hydrogens (tertiary/aromatic N) is 3. The Balaban J connectivity index is 3.06. The molecule has 0 spiro atoms. The fourth-order valence-electron chi connectivity index (χ4n) is 1.72. The molecule has 0 aliphatic heterocycles. The molecule has 6 heteroatoms. The summed E-state index contributed by atoms with van der Waals surface area (Å²) in [6, 6.07) is 5.00. The number of methoxy groups -OCH3 is 2. The maximum Gasteiger partial charge on any atom is 0.126 e. The largest absolute Gasteiger partial charge is 0.497 e. The van der Waals surface area contributed by atoms with Gasteiger partial charge >= 0.3 is 0 Å². The highest BCUT2D eigenvalue weighted by Crippen LogP contribution is 2.33. The zero-order valence-electron chi connectivity index (χ0n) is 10.5. The maximum atomic E-state index is 8.85. The molecule has 1 aromatic rings. The van der Waals surface area contributed by atoms with Crippen LogP contribution in [-0.2, 0) is 0 Å². The summed E-state index contributed by atoms with van der Waals surface area (Å²) in [4.78, 5) is 2.84. The van der Waals surface area contributed by atoms with Gasteiger partial charge in [0.2, 0.25) is 0 Å². The van der Waals surface area contributed by atoms with Crippen LogP contribution in [0.5, 0.6) is 11.5 Å².